The molecular weight excluding hydrogens is 262 g/mol. The first kappa shape index (κ1) is 15.7. The second-order valence-corrected chi connectivity index (χ2v) is 4.62. The van der Waals surface area contributed by atoms with E-state index in [0.717, 1.165) is 0 Å². The maximum Gasteiger partial charge on any atom is 0.311 e. The van der Waals surface area contributed by atoms with Crippen LogP contribution in [0.15, 0.2) is 12.1 Å². The van der Waals surface area contributed by atoms with Crippen LogP contribution in [0, 0.1) is 16.0 Å². The average molecular weight is 281 g/mol. The standard InChI is InChI=1S/C12H19N5O3/c1-4-14-9-6-5-8(17(19)20)12(15-9)16-10(7(2)3)11(13)18/h5-7,10H,4H2,1-3H3,(H2,13,18)(H2,14,15,16). The number of nitrogens with zero attached hydrogens (tertiary/aromatic N) is 2. The lowest BCUT2D eigenvalue weighted by molar-refractivity contribution is -0.384. The van der Waals surface area contributed by atoms with E-state index in [1.54, 1.807) is 13.8 Å². The van der Waals surface area contributed by atoms with E-state index in [2.05, 4.69) is 15.6 Å². The first-order chi connectivity index (χ1) is 9.36. The van der Waals surface area contributed by atoms with Gasteiger partial charge in [0.1, 0.15) is 11.9 Å². The smallest absolute Gasteiger partial charge is 0.311 e. The normalized spacial score (nSPS) is 12.0. The number of nitrogens with one attached hydrogen (secondary N) is 2. The van der Waals surface area contributed by atoms with E-state index in [1.807, 2.05) is 6.92 Å². The number of nitrogens with two attached hydrogens (primary N) is 1. The van der Waals surface area contributed by atoms with Gasteiger partial charge in [-0.25, -0.2) is 4.98 Å². The molecule has 4 N–H and O–H groups in total. The monoisotopic (exact) mass is 281 g/mol. The molecule has 0 aromatic carbocycles. The summed E-state index contributed by atoms with van der Waals surface area (Å²) in [7, 11) is 0. The van der Waals surface area contributed by atoms with E-state index in [0.29, 0.717) is 12.4 Å². The van der Waals surface area contributed by atoms with E-state index in [-0.39, 0.29) is 17.4 Å². The summed E-state index contributed by atoms with van der Waals surface area (Å²) >= 11 is 0. The molecule has 1 amide bonds. The van der Waals surface area contributed by atoms with Gasteiger partial charge >= 0.3 is 5.69 Å². The topological polar surface area (TPSA) is 123 Å². The van der Waals surface area contributed by atoms with Crippen LogP contribution in [-0.2, 0) is 4.79 Å². The maximum atomic E-state index is 11.4. The number of hydrogen-bond acceptors (Lipinski definition) is 6. The predicted molar refractivity (Wildman–Crippen MR) is 76.5 cm³/mol. The van der Waals surface area contributed by atoms with Gasteiger partial charge in [-0.3, -0.25) is 14.9 Å². The maximum absolute atomic E-state index is 11.4. The highest BCUT2D eigenvalue weighted by Crippen LogP contribution is 2.25. The first-order valence-corrected chi connectivity index (χ1v) is 6.32. The molecule has 0 aliphatic carbocycles. The zero-order valence-corrected chi connectivity index (χ0v) is 11.7. The third kappa shape index (κ3) is 3.81. The van der Waals surface area contributed by atoms with Crippen molar-refractivity contribution < 1.29 is 9.72 Å². The highest BCUT2D eigenvalue weighted by atomic mass is 16.6. The molecule has 0 fully saturated rings. The third-order valence-corrected chi connectivity index (χ3v) is 2.69. The molecule has 20 heavy (non-hydrogen) atoms. The lowest BCUT2D eigenvalue weighted by Crippen LogP contribution is -2.40. The van der Waals surface area contributed by atoms with Gasteiger partial charge in [0.2, 0.25) is 11.7 Å². The van der Waals surface area contributed by atoms with Gasteiger partial charge in [-0.05, 0) is 18.9 Å². The number of rotatable bonds is 7. The summed E-state index contributed by atoms with van der Waals surface area (Å²) in [5.41, 5.74) is 5.10. The summed E-state index contributed by atoms with van der Waals surface area (Å²) < 4.78 is 0. The fraction of sp³-hybridized carbons (Fsp3) is 0.500. The zero-order chi connectivity index (χ0) is 15.3. The Morgan fingerprint density at radius 2 is 2.15 bits per heavy atom. The Balaban J connectivity index is 3.14. The number of primary amides is 1. The minimum Gasteiger partial charge on any atom is -0.370 e. The van der Waals surface area contributed by atoms with Gasteiger partial charge in [0.05, 0.1) is 4.92 Å². The number of nitro groups is 1. The molecular formula is C12H19N5O3. The van der Waals surface area contributed by atoms with Crippen molar-refractivity contribution in [3.8, 4) is 0 Å². The van der Waals surface area contributed by atoms with Crippen molar-refractivity contribution in [2.75, 3.05) is 17.2 Å². The van der Waals surface area contributed by atoms with Crippen LogP contribution in [0.2, 0.25) is 0 Å². The minimum absolute atomic E-state index is 0.0333. The molecule has 1 atom stereocenters. The Bertz CT molecular complexity index is 504. The molecule has 8 nitrogen and oxygen atoms in total. The molecule has 0 aliphatic rings. The second kappa shape index (κ2) is 6.69. The van der Waals surface area contributed by atoms with E-state index < -0.39 is 16.9 Å². The number of aromatic nitrogens is 1. The predicted octanol–water partition coefficient (Wildman–Crippen LogP) is 1.34. The van der Waals surface area contributed by atoms with Crippen LogP contribution in [0.5, 0.6) is 0 Å². The fourth-order valence-corrected chi connectivity index (χ4v) is 1.70. The third-order valence-electron chi connectivity index (χ3n) is 2.69. The van der Waals surface area contributed by atoms with Crippen molar-refractivity contribution in [2.45, 2.75) is 26.8 Å². The van der Waals surface area contributed by atoms with Crippen molar-refractivity contribution >= 4 is 23.2 Å². The lowest BCUT2D eigenvalue weighted by atomic mass is 10.0. The van der Waals surface area contributed by atoms with Gasteiger partial charge in [-0.15, -0.1) is 0 Å². The number of hydrogen-bond donors (Lipinski definition) is 3. The van der Waals surface area contributed by atoms with Crippen LogP contribution in [0.4, 0.5) is 17.3 Å². The first-order valence-electron chi connectivity index (χ1n) is 6.32. The number of amides is 1. The van der Waals surface area contributed by atoms with E-state index >= 15 is 0 Å². The quantitative estimate of drug-likeness (QED) is 0.512. The van der Waals surface area contributed by atoms with Crippen molar-refractivity contribution in [3.63, 3.8) is 0 Å². The number of carbonyl (C=O) groups excluding carboxylic acids is 1. The van der Waals surface area contributed by atoms with Gasteiger partial charge < -0.3 is 16.4 Å². The number of pyridine rings is 1. The van der Waals surface area contributed by atoms with Crippen molar-refractivity contribution in [1.29, 1.82) is 0 Å². The molecule has 0 saturated heterocycles. The van der Waals surface area contributed by atoms with Crippen molar-refractivity contribution in [2.24, 2.45) is 11.7 Å². The Morgan fingerprint density at radius 1 is 1.50 bits per heavy atom. The number of anilines is 2. The molecule has 0 spiro atoms. The molecule has 1 rings (SSSR count). The summed E-state index contributed by atoms with van der Waals surface area (Å²) in [6, 6.07) is 2.13. The Labute approximate surface area is 116 Å². The van der Waals surface area contributed by atoms with Crippen molar-refractivity contribution in [3.05, 3.63) is 22.2 Å². The van der Waals surface area contributed by atoms with Gasteiger partial charge in [0.25, 0.3) is 0 Å². The number of carbonyl (C=O) groups is 1. The molecule has 8 heteroatoms. The highest BCUT2D eigenvalue weighted by Gasteiger charge is 2.24. The van der Waals surface area contributed by atoms with E-state index in [1.165, 1.54) is 12.1 Å². The molecule has 1 unspecified atom stereocenters. The molecule has 0 bridgehead atoms. The summed E-state index contributed by atoms with van der Waals surface area (Å²) in [5, 5.41) is 16.7. The molecule has 0 aliphatic heterocycles. The van der Waals surface area contributed by atoms with E-state index in [9.17, 15) is 14.9 Å². The Hall–Kier alpha value is -2.38. The fourth-order valence-electron chi connectivity index (χ4n) is 1.70. The largest absolute Gasteiger partial charge is 0.370 e. The van der Waals surface area contributed by atoms with Crippen LogP contribution in [0.3, 0.4) is 0 Å². The minimum atomic E-state index is -0.724. The van der Waals surface area contributed by atoms with Gasteiger partial charge in [-0.1, -0.05) is 13.8 Å². The van der Waals surface area contributed by atoms with Crippen molar-refractivity contribution in [1.82, 2.24) is 4.98 Å². The van der Waals surface area contributed by atoms with Crippen LogP contribution in [0.25, 0.3) is 0 Å². The van der Waals surface area contributed by atoms with Gasteiger partial charge in [0.15, 0.2) is 0 Å². The van der Waals surface area contributed by atoms with E-state index in [4.69, 9.17) is 5.73 Å². The summed E-state index contributed by atoms with van der Waals surface area (Å²) in [5.74, 6) is -0.167. The van der Waals surface area contributed by atoms with Crippen LogP contribution < -0.4 is 16.4 Å². The molecule has 1 heterocycles. The second-order valence-electron chi connectivity index (χ2n) is 4.62. The SMILES string of the molecule is CCNc1ccc([N+](=O)[O-])c(NC(C(N)=O)C(C)C)n1. The highest BCUT2D eigenvalue weighted by molar-refractivity contribution is 5.83. The molecule has 1 aromatic rings. The zero-order valence-electron chi connectivity index (χ0n) is 11.7. The lowest BCUT2D eigenvalue weighted by Gasteiger charge is -2.19. The molecule has 0 saturated carbocycles. The molecule has 1 aromatic heterocycles. The summed E-state index contributed by atoms with van der Waals surface area (Å²) in [6.45, 7) is 6.11. The Morgan fingerprint density at radius 3 is 2.60 bits per heavy atom. The molecule has 110 valence electrons. The van der Waals surface area contributed by atoms with Crippen LogP contribution in [0.1, 0.15) is 20.8 Å². The Kier molecular flexibility index (Phi) is 5.24. The van der Waals surface area contributed by atoms with Crippen LogP contribution >= 0.6 is 0 Å². The van der Waals surface area contributed by atoms with Gasteiger partial charge in [-0.2, -0.15) is 0 Å². The summed E-state index contributed by atoms with van der Waals surface area (Å²) in [6.07, 6.45) is 0. The molecule has 0 radical (unpaired) electrons. The van der Waals surface area contributed by atoms with Crippen LogP contribution in [-0.4, -0.2) is 28.4 Å². The average Bonchev–Trinajstić information content (AvgIpc) is 2.35. The van der Waals surface area contributed by atoms with Gasteiger partial charge in [0, 0.05) is 12.6 Å². The summed E-state index contributed by atoms with van der Waals surface area (Å²) in [4.78, 5) is 25.9.